The normalized spacial score (nSPS) is 13.8. The summed E-state index contributed by atoms with van der Waals surface area (Å²) in [5, 5.41) is 7.53. The van der Waals surface area contributed by atoms with Crippen molar-refractivity contribution in [2.24, 2.45) is 10.7 Å². The molecule has 150 valence electrons. The summed E-state index contributed by atoms with van der Waals surface area (Å²) in [4.78, 5) is 8.87. The Morgan fingerprint density at radius 1 is 1.14 bits per heavy atom. The van der Waals surface area contributed by atoms with Crippen molar-refractivity contribution in [2.75, 3.05) is 18.5 Å². The van der Waals surface area contributed by atoms with Crippen LogP contribution < -0.4 is 20.5 Å². The molecule has 0 bridgehead atoms. The van der Waals surface area contributed by atoms with Crippen LogP contribution in [0.3, 0.4) is 0 Å². The molecular formula is C21H24N6O2. The highest BCUT2D eigenvalue weighted by atomic mass is 16.5. The van der Waals surface area contributed by atoms with Crippen LogP contribution in [0.4, 0.5) is 5.69 Å². The Balaban J connectivity index is 1.40. The number of ether oxygens (including phenoxy) is 2. The first-order valence-electron chi connectivity index (χ1n) is 9.54. The molecule has 4 rings (SSSR count). The van der Waals surface area contributed by atoms with Gasteiger partial charge in [0.1, 0.15) is 0 Å². The second-order valence-corrected chi connectivity index (χ2v) is 6.90. The molecule has 1 aliphatic rings. The molecule has 1 aliphatic heterocycles. The number of pyridine rings is 1. The summed E-state index contributed by atoms with van der Waals surface area (Å²) in [5.74, 6) is 2.56. The molecule has 0 unspecified atom stereocenters. The van der Waals surface area contributed by atoms with E-state index in [2.05, 4.69) is 20.4 Å². The summed E-state index contributed by atoms with van der Waals surface area (Å²) in [7, 11) is 0. The minimum Gasteiger partial charge on any atom is -0.490 e. The molecule has 8 heteroatoms. The number of nitrogens with one attached hydrogen (secondary N) is 1. The van der Waals surface area contributed by atoms with E-state index in [1.165, 1.54) is 0 Å². The minimum atomic E-state index is 0.321. The van der Waals surface area contributed by atoms with Gasteiger partial charge in [0.25, 0.3) is 0 Å². The van der Waals surface area contributed by atoms with Crippen molar-refractivity contribution in [3.05, 3.63) is 59.5 Å². The van der Waals surface area contributed by atoms with Crippen LogP contribution in [0.25, 0.3) is 5.82 Å². The number of aryl methyl sites for hydroxylation is 2. The number of benzene rings is 1. The van der Waals surface area contributed by atoms with Crippen LogP contribution >= 0.6 is 0 Å². The molecule has 2 aromatic heterocycles. The summed E-state index contributed by atoms with van der Waals surface area (Å²) in [6.07, 6.45) is 2.66. The topological polar surface area (TPSA) is 99.6 Å². The van der Waals surface area contributed by atoms with Crippen LogP contribution in [-0.4, -0.2) is 33.9 Å². The Hall–Kier alpha value is -3.55. The number of hydrogen-bond donors (Lipinski definition) is 2. The highest BCUT2D eigenvalue weighted by Gasteiger charge is 2.11. The number of nitrogens with two attached hydrogens (primary N) is 1. The molecule has 0 fully saturated rings. The Morgan fingerprint density at radius 2 is 1.97 bits per heavy atom. The summed E-state index contributed by atoms with van der Waals surface area (Å²) in [6, 6.07) is 11.6. The monoisotopic (exact) mass is 392 g/mol. The second-order valence-electron chi connectivity index (χ2n) is 6.90. The number of aliphatic imine (C=N–C) groups is 1. The molecule has 0 radical (unpaired) electrons. The van der Waals surface area contributed by atoms with E-state index in [0.29, 0.717) is 31.5 Å². The predicted octanol–water partition coefficient (Wildman–Crippen LogP) is 2.97. The zero-order chi connectivity index (χ0) is 20.2. The maximum atomic E-state index is 6.04. The summed E-state index contributed by atoms with van der Waals surface area (Å²) >= 11 is 0. The van der Waals surface area contributed by atoms with Crippen LogP contribution in [0.2, 0.25) is 0 Å². The van der Waals surface area contributed by atoms with Gasteiger partial charge in [0.2, 0.25) is 0 Å². The standard InChI is InChI=1S/C21H24N6O2/c1-14-10-15(2)27(26-14)20-7-4-16(12-23-20)13-24-21(22)25-17-5-6-18-19(11-17)29-9-3-8-28-18/h4-7,10-12H,3,8-9,13H2,1-2H3,(H3,22,24,25). The van der Waals surface area contributed by atoms with Crippen LogP contribution in [0.15, 0.2) is 47.6 Å². The first kappa shape index (κ1) is 18.8. The van der Waals surface area contributed by atoms with E-state index in [-0.39, 0.29) is 0 Å². The molecular weight excluding hydrogens is 368 g/mol. The Morgan fingerprint density at radius 3 is 2.69 bits per heavy atom. The van der Waals surface area contributed by atoms with Gasteiger partial charge in [0.05, 0.1) is 25.5 Å². The van der Waals surface area contributed by atoms with Crippen LogP contribution in [0, 0.1) is 13.8 Å². The van der Waals surface area contributed by atoms with Crippen molar-refractivity contribution in [3.8, 4) is 17.3 Å². The van der Waals surface area contributed by atoms with Gasteiger partial charge in [-0.15, -0.1) is 0 Å². The maximum absolute atomic E-state index is 6.04. The van der Waals surface area contributed by atoms with E-state index < -0.39 is 0 Å². The Bertz CT molecular complexity index is 1030. The highest BCUT2D eigenvalue weighted by molar-refractivity contribution is 5.92. The zero-order valence-corrected chi connectivity index (χ0v) is 16.6. The Labute approximate surface area is 169 Å². The SMILES string of the molecule is Cc1cc(C)n(-c2ccc(CN=C(N)Nc3ccc4c(c3)OCCCO4)cn2)n1. The molecule has 0 saturated heterocycles. The molecule has 3 heterocycles. The maximum Gasteiger partial charge on any atom is 0.193 e. The van der Waals surface area contributed by atoms with Crippen molar-refractivity contribution in [1.29, 1.82) is 0 Å². The fourth-order valence-corrected chi connectivity index (χ4v) is 3.10. The smallest absolute Gasteiger partial charge is 0.193 e. The molecule has 3 N–H and O–H groups in total. The van der Waals surface area contributed by atoms with Gasteiger partial charge < -0.3 is 20.5 Å². The van der Waals surface area contributed by atoms with Gasteiger partial charge in [-0.1, -0.05) is 6.07 Å². The van der Waals surface area contributed by atoms with E-state index in [9.17, 15) is 0 Å². The molecule has 3 aromatic rings. The first-order chi connectivity index (χ1) is 14.1. The fraction of sp³-hybridized carbons (Fsp3) is 0.286. The number of anilines is 1. The number of nitrogens with zero attached hydrogens (tertiary/aromatic N) is 4. The molecule has 0 spiro atoms. The van der Waals surface area contributed by atoms with Gasteiger partial charge in [0.15, 0.2) is 23.3 Å². The third-order valence-corrected chi connectivity index (χ3v) is 4.49. The van der Waals surface area contributed by atoms with Gasteiger partial charge in [-0.2, -0.15) is 5.10 Å². The average molecular weight is 392 g/mol. The second kappa shape index (κ2) is 8.22. The molecule has 8 nitrogen and oxygen atoms in total. The van der Waals surface area contributed by atoms with Crippen molar-refractivity contribution >= 4 is 11.6 Å². The highest BCUT2D eigenvalue weighted by Crippen LogP contribution is 2.32. The summed E-state index contributed by atoms with van der Waals surface area (Å²) < 4.78 is 13.2. The van der Waals surface area contributed by atoms with Crippen LogP contribution in [0.1, 0.15) is 23.4 Å². The lowest BCUT2D eigenvalue weighted by molar-refractivity contribution is 0.297. The van der Waals surface area contributed by atoms with Gasteiger partial charge in [0, 0.05) is 30.1 Å². The number of hydrogen-bond acceptors (Lipinski definition) is 5. The number of rotatable bonds is 4. The number of aromatic nitrogens is 3. The van der Waals surface area contributed by atoms with Crippen molar-refractivity contribution in [2.45, 2.75) is 26.8 Å². The van der Waals surface area contributed by atoms with E-state index in [4.69, 9.17) is 15.2 Å². The third kappa shape index (κ3) is 4.48. The summed E-state index contributed by atoms with van der Waals surface area (Å²) in [5.41, 5.74) is 9.80. The molecule has 0 atom stereocenters. The predicted molar refractivity (Wildman–Crippen MR) is 112 cm³/mol. The van der Waals surface area contributed by atoms with Gasteiger partial charge in [-0.05, 0) is 43.7 Å². The van der Waals surface area contributed by atoms with Crippen molar-refractivity contribution in [1.82, 2.24) is 14.8 Å². The molecule has 29 heavy (non-hydrogen) atoms. The third-order valence-electron chi connectivity index (χ3n) is 4.49. The minimum absolute atomic E-state index is 0.321. The van der Waals surface area contributed by atoms with E-state index in [1.54, 1.807) is 6.20 Å². The van der Waals surface area contributed by atoms with Crippen molar-refractivity contribution < 1.29 is 9.47 Å². The lowest BCUT2D eigenvalue weighted by Crippen LogP contribution is -2.22. The summed E-state index contributed by atoms with van der Waals surface area (Å²) in [6.45, 7) is 5.70. The zero-order valence-electron chi connectivity index (χ0n) is 16.6. The first-order valence-corrected chi connectivity index (χ1v) is 9.54. The van der Waals surface area contributed by atoms with E-state index in [1.807, 2.05) is 54.9 Å². The van der Waals surface area contributed by atoms with Gasteiger partial charge in [-0.3, -0.25) is 0 Å². The molecule has 1 aromatic carbocycles. The largest absolute Gasteiger partial charge is 0.490 e. The van der Waals surface area contributed by atoms with Gasteiger partial charge in [-0.25, -0.2) is 14.7 Å². The van der Waals surface area contributed by atoms with Gasteiger partial charge >= 0.3 is 0 Å². The molecule has 0 amide bonds. The average Bonchev–Trinajstić information content (AvgIpc) is 2.90. The lowest BCUT2D eigenvalue weighted by Gasteiger charge is -2.10. The molecule has 0 saturated carbocycles. The van der Waals surface area contributed by atoms with E-state index >= 15 is 0 Å². The van der Waals surface area contributed by atoms with Crippen molar-refractivity contribution in [3.63, 3.8) is 0 Å². The molecule has 0 aliphatic carbocycles. The van der Waals surface area contributed by atoms with Crippen LogP contribution in [0.5, 0.6) is 11.5 Å². The van der Waals surface area contributed by atoms with Crippen LogP contribution in [-0.2, 0) is 6.54 Å². The number of guanidine groups is 1. The quantitative estimate of drug-likeness (QED) is 0.523. The fourth-order valence-electron chi connectivity index (χ4n) is 3.10. The number of fused-ring (bicyclic) bond motifs is 1. The van der Waals surface area contributed by atoms with E-state index in [0.717, 1.165) is 40.6 Å². The Kier molecular flexibility index (Phi) is 5.33. The lowest BCUT2D eigenvalue weighted by atomic mass is 10.2.